The van der Waals surface area contributed by atoms with Crippen LogP contribution in [-0.4, -0.2) is 31.1 Å². The molecule has 0 bridgehead atoms. The maximum Gasteiger partial charge on any atom is 0.146 e. The van der Waals surface area contributed by atoms with E-state index in [-0.39, 0.29) is 11.6 Å². The lowest BCUT2D eigenvalue weighted by molar-refractivity contribution is 0.246. The van der Waals surface area contributed by atoms with Gasteiger partial charge in [0.1, 0.15) is 11.6 Å². The molecule has 0 N–H and O–H groups in total. The van der Waals surface area contributed by atoms with Gasteiger partial charge in [-0.25, -0.2) is 8.78 Å². The number of benzene rings is 2. The summed E-state index contributed by atoms with van der Waals surface area (Å²) in [4.78, 5) is 4.13. The highest BCUT2D eigenvalue weighted by Crippen LogP contribution is 2.21. The Morgan fingerprint density at radius 2 is 1.70 bits per heavy atom. The number of halogens is 2. The third kappa shape index (κ3) is 3.49. The summed E-state index contributed by atoms with van der Waals surface area (Å²) in [5.41, 5.74) is 1.61. The first kappa shape index (κ1) is 15.4. The van der Waals surface area contributed by atoms with Gasteiger partial charge in [0.2, 0.25) is 0 Å². The fraction of sp³-hybridized carbons (Fsp3) is 0.278. The number of rotatable bonds is 3. The molecule has 2 aromatic rings. The molecule has 1 heterocycles. The van der Waals surface area contributed by atoms with E-state index in [4.69, 9.17) is 5.26 Å². The lowest BCUT2D eigenvalue weighted by Crippen LogP contribution is -2.46. The molecule has 0 atom stereocenters. The van der Waals surface area contributed by atoms with Gasteiger partial charge in [0.15, 0.2) is 0 Å². The first-order valence-corrected chi connectivity index (χ1v) is 7.58. The highest BCUT2D eigenvalue weighted by molar-refractivity contribution is 5.48. The molecule has 0 amide bonds. The molecule has 0 spiro atoms. The van der Waals surface area contributed by atoms with E-state index in [2.05, 4.69) is 4.90 Å². The van der Waals surface area contributed by atoms with Crippen LogP contribution in [0.15, 0.2) is 42.5 Å². The molecule has 0 aliphatic carbocycles. The van der Waals surface area contributed by atoms with Crippen LogP contribution in [-0.2, 0) is 6.54 Å². The van der Waals surface area contributed by atoms with Crippen molar-refractivity contribution in [2.75, 3.05) is 31.1 Å². The van der Waals surface area contributed by atoms with Crippen molar-refractivity contribution in [2.45, 2.75) is 6.54 Å². The minimum Gasteiger partial charge on any atom is -0.367 e. The Morgan fingerprint density at radius 1 is 0.957 bits per heavy atom. The van der Waals surface area contributed by atoms with Crippen molar-refractivity contribution in [3.8, 4) is 6.07 Å². The average molecular weight is 313 g/mol. The van der Waals surface area contributed by atoms with Crippen molar-refractivity contribution in [3.63, 3.8) is 0 Å². The standard InChI is InChI=1S/C18H17F2N3/c19-16-6-5-14(12-21)11-15(16)13-22-7-9-23(10-8-22)18-4-2-1-3-17(18)20/h1-6,11H,7-10,13H2. The van der Waals surface area contributed by atoms with E-state index in [0.717, 1.165) is 13.1 Å². The van der Waals surface area contributed by atoms with E-state index in [9.17, 15) is 8.78 Å². The first-order valence-electron chi connectivity index (χ1n) is 7.58. The number of piperazine rings is 1. The lowest BCUT2D eigenvalue weighted by atomic mass is 10.1. The Kier molecular flexibility index (Phi) is 4.54. The van der Waals surface area contributed by atoms with Gasteiger partial charge in [0, 0.05) is 38.3 Å². The van der Waals surface area contributed by atoms with Gasteiger partial charge < -0.3 is 4.90 Å². The van der Waals surface area contributed by atoms with Crippen LogP contribution in [0.5, 0.6) is 0 Å². The van der Waals surface area contributed by atoms with Crippen molar-refractivity contribution in [3.05, 3.63) is 65.2 Å². The van der Waals surface area contributed by atoms with E-state index in [1.54, 1.807) is 18.2 Å². The van der Waals surface area contributed by atoms with Gasteiger partial charge in [-0.05, 0) is 30.3 Å². The molecule has 2 aromatic carbocycles. The van der Waals surface area contributed by atoms with Crippen LogP contribution in [0.1, 0.15) is 11.1 Å². The van der Waals surface area contributed by atoms with Gasteiger partial charge in [0.05, 0.1) is 17.3 Å². The SMILES string of the molecule is N#Cc1ccc(F)c(CN2CCN(c3ccccc3F)CC2)c1. The maximum absolute atomic E-state index is 13.9. The van der Waals surface area contributed by atoms with Crippen molar-refractivity contribution in [2.24, 2.45) is 0 Å². The Hall–Kier alpha value is -2.45. The van der Waals surface area contributed by atoms with Gasteiger partial charge in [-0.3, -0.25) is 4.90 Å². The fourth-order valence-corrected chi connectivity index (χ4v) is 2.86. The summed E-state index contributed by atoms with van der Waals surface area (Å²) >= 11 is 0. The second-order valence-electron chi connectivity index (χ2n) is 5.63. The molecule has 1 aliphatic heterocycles. The largest absolute Gasteiger partial charge is 0.367 e. The summed E-state index contributed by atoms with van der Waals surface area (Å²) in [6.45, 7) is 3.31. The van der Waals surface area contributed by atoms with E-state index >= 15 is 0 Å². The second-order valence-corrected chi connectivity index (χ2v) is 5.63. The van der Waals surface area contributed by atoms with Gasteiger partial charge in [-0.2, -0.15) is 5.26 Å². The molecule has 0 aromatic heterocycles. The number of para-hydroxylation sites is 1. The van der Waals surface area contributed by atoms with Crippen molar-refractivity contribution < 1.29 is 8.78 Å². The molecule has 0 unspecified atom stereocenters. The maximum atomic E-state index is 13.9. The molecule has 1 fully saturated rings. The normalized spacial score (nSPS) is 15.4. The quantitative estimate of drug-likeness (QED) is 0.872. The minimum atomic E-state index is -0.291. The Morgan fingerprint density at radius 3 is 2.39 bits per heavy atom. The zero-order valence-electron chi connectivity index (χ0n) is 12.7. The predicted molar refractivity (Wildman–Crippen MR) is 85.0 cm³/mol. The summed E-state index contributed by atoms with van der Waals surface area (Å²) < 4.78 is 27.7. The highest BCUT2D eigenvalue weighted by Gasteiger charge is 2.20. The first-order chi connectivity index (χ1) is 11.2. The van der Waals surface area contributed by atoms with Crippen LogP contribution in [0.4, 0.5) is 14.5 Å². The number of nitrogens with zero attached hydrogens (tertiary/aromatic N) is 3. The van der Waals surface area contributed by atoms with Gasteiger partial charge in [-0.15, -0.1) is 0 Å². The van der Waals surface area contributed by atoms with Crippen LogP contribution < -0.4 is 4.90 Å². The van der Waals surface area contributed by atoms with Crippen LogP contribution in [0.3, 0.4) is 0 Å². The minimum absolute atomic E-state index is 0.214. The van der Waals surface area contributed by atoms with E-state index in [1.165, 1.54) is 18.2 Å². The highest BCUT2D eigenvalue weighted by atomic mass is 19.1. The lowest BCUT2D eigenvalue weighted by Gasteiger charge is -2.36. The number of hydrogen-bond donors (Lipinski definition) is 0. The molecule has 1 aliphatic rings. The van der Waals surface area contributed by atoms with Crippen molar-refractivity contribution in [1.82, 2.24) is 4.90 Å². The molecule has 0 radical (unpaired) electrons. The summed E-state index contributed by atoms with van der Waals surface area (Å²) in [6, 6.07) is 13.2. The topological polar surface area (TPSA) is 30.3 Å². The smallest absolute Gasteiger partial charge is 0.146 e. The molecule has 3 nitrogen and oxygen atoms in total. The molecular weight excluding hydrogens is 296 g/mol. The third-order valence-corrected chi connectivity index (χ3v) is 4.13. The van der Waals surface area contributed by atoms with E-state index in [1.807, 2.05) is 17.0 Å². The zero-order chi connectivity index (χ0) is 16.2. The monoisotopic (exact) mass is 313 g/mol. The summed E-state index contributed by atoms with van der Waals surface area (Å²) in [7, 11) is 0. The Labute approximate surface area is 134 Å². The van der Waals surface area contributed by atoms with Crippen LogP contribution in [0, 0.1) is 23.0 Å². The molecule has 1 saturated heterocycles. The molecule has 5 heteroatoms. The molecule has 0 saturated carbocycles. The number of nitriles is 1. The molecule has 3 rings (SSSR count). The molecule has 23 heavy (non-hydrogen) atoms. The Bertz CT molecular complexity index is 731. The molecule has 118 valence electrons. The van der Waals surface area contributed by atoms with Crippen molar-refractivity contribution in [1.29, 1.82) is 5.26 Å². The number of hydrogen-bond acceptors (Lipinski definition) is 3. The molecular formula is C18H17F2N3. The summed E-state index contributed by atoms with van der Waals surface area (Å²) in [5.74, 6) is -0.505. The van der Waals surface area contributed by atoms with E-state index < -0.39 is 0 Å². The Balaban J connectivity index is 1.64. The van der Waals surface area contributed by atoms with Gasteiger partial charge >= 0.3 is 0 Å². The van der Waals surface area contributed by atoms with Crippen LogP contribution in [0.2, 0.25) is 0 Å². The summed E-state index contributed by atoms with van der Waals surface area (Å²) in [6.07, 6.45) is 0. The second kappa shape index (κ2) is 6.76. The van der Waals surface area contributed by atoms with Gasteiger partial charge in [0.25, 0.3) is 0 Å². The van der Waals surface area contributed by atoms with E-state index in [0.29, 0.717) is 36.4 Å². The zero-order valence-corrected chi connectivity index (χ0v) is 12.7. The third-order valence-electron chi connectivity index (χ3n) is 4.13. The van der Waals surface area contributed by atoms with Crippen molar-refractivity contribution >= 4 is 5.69 Å². The van der Waals surface area contributed by atoms with Gasteiger partial charge in [-0.1, -0.05) is 12.1 Å². The summed E-state index contributed by atoms with van der Waals surface area (Å²) in [5, 5.41) is 8.92. The van der Waals surface area contributed by atoms with Crippen LogP contribution in [0.25, 0.3) is 0 Å². The van der Waals surface area contributed by atoms with Crippen LogP contribution >= 0.6 is 0 Å². The average Bonchev–Trinajstić information content (AvgIpc) is 2.58. The predicted octanol–water partition coefficient (Wildman–Crippen LogP) is 3.16. The number of anilines is 1. The fourth-order valence-electron chi connectivity index (χ4n) is 2.86.